The minimum absolute atomic E-state index is 0.191. The maximum absolute atomic E-state index is 11.6. The minimum atomic E-state index is -0.978. The molecule has 1 N–H and O–H groups in total. The fourth-order valence-electron chi connectivity index (χ4n) is 3.17. The number of benzene rings is 3. The molecular weight excluding hydrogens is 340 g/mol. The average molecular weight is 364 g/mol. The van der Waals surface area contributed by atoms with Crippen molar-refractivity contribution < 1.29 is 19.4 Å². The Balaban J connectivity index is 1.78. The van der Waals surface area contributed by atoms with Gasteiger partial charge in [-0.1, -0.05) is 48.5 Å². The van der Waals surface area contributed by atoms with E-state index >= 15 is 0 Å². The molecule has 4 heteroatoms. The number of carbonyl (C=O) groups is 1. The van der Waals surface area contributed by atoms with Gasteiger partial charge in [0.2, 0.25) is 0 Å². The molecule has 4 nitrogen and oxygen atoms in total. The number of fused-ring (bicyclic) bond motifs is 1. The first-order valence-electron chi connectivity index (χ1n) is 9.13. The van der Waals surface area contributed by atoms with Gasteiger partial charge >= 0.3 is 5.97 Å². The zero-order chi connectivity index (χ0) is 19.1. The van der Waals surface area contributed by atoms with Crippen LogP contribution in [0.1, 0.15) is 34.3 Å². The van der Waals surface area contributed by atoms with Crippen LogP contribution in [-0.4, -0.2) is 24.8 Å². The summed E-state index contributed by atoms with van der Waals surface area (Å²) in [6.07, 6.45) is 2.83. The molecule has 0 aliphatic rings. The molecule has 3 rings (SSSR count). The molecule has 27 heavy (non-hydrogen) atoms. The second kappa shape index (κ2) is 9.19. The molecular formula is C23H24O4. The van der Waals surface area contributed by atoms with Crippen LogP contribution in [0.25, 0.3) is 10.8 Å². The lowest BCUT2D eigenvalue weighted by Crippen LogP contribution is -2.05. The van der Waals surface area contributed by atoms with Crippen molar-refractivity contribution in [1.29, 1.82) is 0 Å². The van der Waals surface area contributed by atoms with Crippen LogP contribution in [-0.2, 0) is 17.8 Å². The van der Waals surface area contributed by atoms with E-state index in [1.807, 2.05) is 36.4 Å². The molecule has 0 radical (unpaired) electrons. The summed E-state index contributed by atoms with van der Waals surface area (Å²) < 4.78 is 11.0. The molecule has 3 aromatic rings. The minimum Gasteiger partial charge on any atom is -0.488 e. The number of rotatable bonds is 9. The monoisotopic (exact) mass is 364 g/mol. The molecule has 3 aromatic carbocycles. The first-order valence-corrected chi connectivity index (χ1v) is 9.13. The molecule has 0 aromatic heterocycles. The Morgan fingerprint density at radius 1 is 1.00 bits per heavy atom. The Morgan fingerprint density at radius 3 is 2.63 bits per heavy atom. The number of aryl methyl sites for hydroxylation is 1. The summed E-state index contributed by atoms with van der Waals surface area (Å²) in [7, 11) is 1.70. The van der Waals surface area contributed by atoms with E-state index in [-0.39, 0.29) is 5.56 Å². The van der Waals surface area contributed by atoms with E-state index in [2.05, 4.69) is 18.2 Å². The molecule has 0 atom stereocenters. The number of methoxy groups -OCH3 is 1. The van der Waals surface area contributed by atoms with Gasteiger partial charge in [-0.15, -0.1) is 0 Å². The predicted molar refractivity (Wildman–Crippen MR) is 106 cm³/mol. The van der Waals surface area contributed by atoms with E-state index in [0.29, 0.717) is 12.4 Å². The summed E-state index contributed by atoms with van der Waals surface area (Å²) in [6.45, 7) is 1.06. The molecule has 0 spiro atoms. The molecule has 0 heterocycles. The quantitative estimate of drug-likeness (QED) is 0.538. The third kappa shape index (κ3) is 4.86. The van der Waals surface area contributed by atoms with Crippen molar-refractivity contribution in [3.05, 3.63) is 77.4 Å². The Morgan fingerprint density at radius 2 is 1.81 bits per heavy atom. The normalized spacial score (nSPS) is 10.9. The Labute approximate surface area is 159 Å². The number of unbranched alkanes of at least 4 members (excludes halogenated alkanes) is 1. The van der Waals surface area contributed by atoms with Crippen molar-refractivity contribution in [3.63, 3.8) is 0 Å². The number of hydrogen-bond donors (Lipinski definition) is 1. The molecule has 0 aliphatic heterocycles. The summed E-state index contributed by atoms with van der Waals surface area (Å²) in [4.78, 5) is 11.6. The molecule has 0 aliphatic carbocycles. The van der Waals surface area contributed by atoms with E-state index in [1.54, 1.807) is 13.2 Å². The Kier molecular flexibility index (Phi) is 6.44. The van der Waals surface area contributed by atoms with E-state index < -0.39 is 5.97 Å². The van der Waals surface area contributed by atoms with Crippen molar-refractivity contribution in [2.24, 2.45) is 0 Å². The van der Waals surface area contributed by atoms with Gasteiger partial charge in [-0.25, -0.2) is 4.79 Å². The van der Waals surface area contributed by atoms with Gasteiger partial charge in [0.05, 0.1) is 0 Å². The molecule has 140 valence electrons. The van der Waals surface area contributed by atoms with Gasteiger partial charge in [-0.05, 0) is 53.3 Å². The lowest BCUT2D eigenvalue weighted by molar-refractivity contribution is 0.0691. The van der Waals surface area contributed by atoms with E-state index in [0.717, 1.165) is 47.8 Å². The van der Waals surface area contributed by atoms with E-state index in [4.69, 9.17) is 9.47 Å². The number of ether oxygens (including phenoxy) is 2. The molecule has 0 saturated carbocycles. The van der Waals surface area contributed by atoms with Crippen molar-refractivity contribution in [1.82, 2.24) is 0 Å². The summed E-state index contributed by atoms with van der Waals surface area (Å²) in [6, 6.07) is 19.5. The molecule has 0 fully saturated rings. The second-order valence-corrected chi connectivity index (χ2v) is 6.51. The Bertz CT molecular complexity index is 912. The zero-order valence-corrected chi connectivity index (χ0v) is 15.5. The third-order valence-corrected chi connectivity index (χ3v) is 4.60. The topological polar surface area (TPSA) is 55.8 Å². The molecule has 0 bridgehead atoms. The average Bonchev–Trinajstić information content (AvgIpc) is 2.69. The van der Waals surface area contributed by atoms with Gasteiger partial charge in [0.1, 0.15) is 17.9 Å². The fraction of sp³-hybridized carbons (Fsp3) is 0.261. The molecule has 0 unspecified atom stereocenters. The SMILES string of the molecule is COCCCCc1ccc(C(=O)O)c(OCc2cccc3ccccc23)c1. The predicted octanol–water partition coefficient (Wildman–Crippen LogP) is 5.09. The van der Waals surface area contributed by atoms with Crippen molar-refractivity contribution in [2.75, 3.05) is 13.7 Å². The van der Waals surface area contributed by atoms with Crippen LogP contribution < -0.4 is 4.74 Å². The fourth-order valence-corrected chi connectivity index (χ4v) is 3.17. The first-order chi connectivity index (χ1) is 13.2. The zero-order valence-electron chi connectivity index (χ0n) is 15.5. The van der Waals surface area contributed by atoms with Crippen LogP contribution in [0, 0.1) is 0 Å². The maximum Gasteiger partial charge on any atom is 0.339 e. The number of aromatic carboxylic acids is 1. The second-order valence-electron chi connectivity index (χ2n) is 6.51. The van der Waals surface area contributed by atoms with Crippen LogP contribution in [0.3, 0.4) is 0 Å². The lowest BCUT2D eigenvalue weighted by Gasteiger charge is -2.13. The number of hydrogen-bond acceptors (Lipinski definition) is 3. The van der Waals surface area contributed by atoms with Crippen LogP contribution >= 0.6 is 0 Å². The summed E-state index contributed by atoms with van der Waals surface area (Å²) in [5.41, 5.74) is 2.30. The van der Waals surface area contributed by atoms with Crippen molar-refractivity contribution in [3.8, 4) is 5.75 Å². The van der Waals surface area contributed by atoms with Crippen LogP contribution in [0.4, 0.5) is 0 Å². The third-order valence-electron chi connectivity index (χ3n) is 4.60. The largest absolute Gasteiger partial charge is 0.488 e. The highest BCUT2D eigenvalue weighted by Crippen LogP contribution is 2.25. The standard InChI is InChI=1S/C23H24O4/c1-26-14-5-4-7-17-12-13-21(23(24)25)22(15-17)27-16-19-10-6-9-18-8-2-3-11-20(18)19/h2-3,6,8-13,15H,4-5,7,14,16H2,1H3,(H,24,25). The highest BCUT2D eigenvalue weighted by Gasteiger charge is 2.13. The smallest absolute Gasteiger partial charge is 0.339 e. The van der Waals surface area contributed by atoms with Gasteiger partial charge in [-0.2, -0.15) is 0 Å². The Hall–Kier alpha value is -2.85. The van der Waals surface area contributed by atoms with Crippen molar-refractivity contribution >= 4 is 16.7 Å². The van der Waals surface area contributed by atoms with Crippen LogP contribution in [0.15, 0.2) is 60.7 Å². The summed E-state index contributed by atoms with van der Waals surface area (Å²) >= 11 is 0. The van der Waals surface area contributed by atoms with Crippen molar-refractivity contribution in [2.45, 2.75) is 25.9 Å². The molecule has 0 amide bonds. The van der Waals surface area contributed by atoms with Crippen LogP contribution in [0.2, 0.25) is 0 Å². The van der Waals surface area contributed by atoms with Crippen LogP contribution in [0.5, 0.6) is 5.75 Å². The van der Waals surface area contributed by atoms with E-state index in [1.165, 1.54) is 0 Å². The van der Waals surface area contributed by atoms with Gasteiger partial charge in [0, 0.05) is 13.7 Å². The highest BCUT2D eigenvalue weighted by atomic mass is 16.5. The molecule has 0 saturated heterocycles. The highest BCUT2D eigenvalue weighted by molar-refractivity contribution is 5.91. The van der Waals surface area contributed by atoms with Gasteiger partial charge in [0.15, 0.2) is 0 Å². The first kappa shape index (κ1) is 18.9. The number of carboxylic acid groups (broad SMARTS) is 1. The maximum atomic E-state index is 11.6. The van der Waals surface area contributed by atoms with Gasteiger partial charge < -0.3 is 14.6 Å². The lowest BCUT2D eigenvalue weighted by atomic mass is 10.0. The summed E-state index contributed by atoms with van der Waals surface area (Å²) in [5.74, 6) is -0.562. The van der Waals surface area contributed by atoms with Gasteiger partial charge in [-0.3, -0.25) is 0 Å². The van der Waals surface area contributed by atoms with Gasteiger partial charge in [0.25, 0.3) is 0 Å². The summed E-state index contributed by atoms with van der Waals surface area (Å²) in [5, 5.41) is 11.7. The van der Waals surface area contributed by atoms with E-state index in [9.17, 15) is 9.90 Å². The number of carboxylic acids is 1.